The quantitative estimate of drug-likeness (QED) is 0.328. The molecule has 5 nitrogen and oxygen atoms in total. The smallest absolute Gasteiger partial charge is 0.456 e. The van der Waals surface area contributed by atoms with Crippen LogP contribution in [0.1, 0.15) is 12.5 Å². The van der Waals surface area contributed by atoms with Gasteiger partial charge in [0, 0.05) is 22.7 Å². The summed E-state index contributed by atoms with van der Waals surface area (Å²) in [5, 5.41) is 11.6. The largest absolute Gasteiger partial charge is 0.501 e. The molecule has 0 N–H and O–H groups in total. The van der Waals surface area contributed by atoms with Crippen LogP contribution in [0.5, 0.6) is 11.5 Å². The standard InChI is InChI=1S/C14H10BrCl2NO4P/c1-2-8-5-11(18(19)20)14(23(17)21)7-13(8)22-12-4-3-9(16)6-10(12)15/h3-7H,2H2,1H3/q+1. The molecule has 2 aromatic carbocycles. The first-order chi connectivity index (χ1) is 10.8. The van der Waals surface area contributed by atoms with Crippen molar-refractivity contribution >= 4 is 56.9 Å². The molecule has 120 valence electrons. The van der Waals surface area contributed by atoms with Crippen LogP contribution in [0.15, 0.2) is 34.8 Å². The highest BCUT2D eigenvalue weighted by Gasteiger charge is 2.32. The van der Waals surface area contributed by atoms with Crippen LogP contribution in [-0.4, -0.2) is 4.92 Å². The maximum absolute atomic E-state index is 11.6. The molecule has 0 amide bonds. The van der Waals surface area contributed by atoms with Crippen LogP contribution in [0.3, 0.4) is 0 Å². The Morgan fingerprint density at radius 2 is 2.00 bits per heavy atom. The van der Waals surface area contributed by atoms with E-state index in [4.69, 9.17) is 27.6 Å². The summed E-state index contributed by atoms with van der Waals surface area (Å²) in [6, 6.07) is 7.67. The number of ether oxygens (including phenoxy) is 1. The molecule has 0 heterocycles. The molecule has 0 aromatic heterocycles. The van der Waals surface area contributed by atoms with Crippen LogP contribution < -0.4 is 10.0 Å². The van der Waals surface area contributed by atoms with Gasteiger partial charge in [0.1, 0.15) is 11.5 Å². The first kappa shape index (κ1) is 18.1. The predicted octanol–water partition coefficient (Wildman–Crippen LogP) is 5.97. The van der Waals surface area contributed by atoms with Crippen molar-refractivity contribution in [2.45, 2.75) is 13.3 Å². The number of nitrogens with zero attached hydrogens (tertiary/aromatic N) is 1. The summed E-state index contributed by atoms with van der Waals surface area (Å²) in [5.74, 6) is 0.842. The van der Waals surface area contributed by atoms with E-state index >= 15 is 0 Å². The minimum atomic E-state index is -2.40. The molecule has 0 bridgehead atoms. The number of benzene rings is 2. The third-order valence-electron chi connectivity index (χ3n) is 3.04. The molecular formula is C14H10BrCl2NO4P+. The molecule has 1 unspecified atom stereocenters. The summed E-state index contributed by atoms with van der Waals surface area (Å²) < 4.78 is 18.0. The SMILES string of the molecule is CCc1cc([N+](=O)[O-])c([P+](=O)Cl)cc1Oc1ccc(Cl)cc1Br. The summed E-state index contributed by atoms with van der Waals surface area (Å²) in [6.07, 6.45) is 0.501. The lowest BCUT2D eigenvalue weighted by Crippen LogP contribution is -2.07. The normalized spacial score (nSPS) is 11.2. The third-order valence-corrected chi connectivity index (χ3v) is 5.18. The fraction of sp³-hybridized carbons (Fsp3) is 0.143. The molecule has 9 heteroatoms. The minimum absolute atomic E-state index is 0.0658. The number of rotatable bonds is 5. The van der Waals surface area contributed by atoms with Gasteiger partial charge in [-0.2, -0.15) is 0 Å². The van der Waals surface area contributed by atoms with Gasteiger partial charge in [-0.1, -0.05) is 18.5 Å². The molecule has 0 saturated carbocycles. The van der Waals surface area contributed by atoms with Crippen molar-refractivity contribution in [2.24, 2.45) is 0 Å². The second-order valence-corrected chi connectivity index (χ2v) is 7.66. The van der Waals surface area contributed by atoms with Gasteiger partial charge in [-0.25, -0.2) is 0 Å². The maximum Gasteiger partial charge on any atom is 0.501 e. The van der Waals surface area contributed by atoms with Crippen molar-refractivity contribution in [3.05, 3.63) is 55.5 Å². The van der Waals surface area contributed by atoms with Gasteiger partial charge in [-0.3, -0.25) is 10.1 Å². The second kappa shape index (κ2) is 7.58. The van der Waals surface area contributed by atoms with Crippen molar-refractivity contribution in [3.8, 4) is 11.5 Å². The minimum Gasteiger partial charge on any atom is -0.456 e. The molecule has 1 atom stereocenters. The van der Waals surface area contributed by atoms with Crippen LogP contribution in [0.25, 0.3) is 0 Å². The van der Waals surface area contributed by atoms with Gasteiger partial charge in [-0.05, 0) is 45.1 Å². The van der Waals surface area contributed by atoms with Crippen molar-refractivity contribution in [1.29, 1.82) is 0 Å². The number of nitro benzene ring substituents is 1. The number of halogens is 3. The Labute approximate surface area is 151 Å². The van der Waals surface area contributed by atoms with E-state index in [-0.39, 0.29) is 11.0 Å². The topological polar surface area (TPSA) is 69.4 Å². The van der Waals surface area contributed by atoms with E-state index in [9.17, 15) is 14.7 Å². The Morgan fingerprint density at radius 1 is 1.30 bits per heavy atom. The van der Waals surface area contributed by atoms with Gasteiger partial charge >= 0.3 is 12.8 Å². The van der Waals surface area contributed by atoms with E-state index in [0.29, 0.717) is 33.0 Å². The molecule has 2 rings (SSSR count). The van der Waals surface area contributed by atoms with E-state index in [2.05, 4.69) is 15.9 Å². The molecule has 0 aliphatic carbocycles. The Bertz CT molecular complexity index is 801. The number of nitro groups is 1. The molecule has 23 heavy (non-hydrogen) atoms. The molecule has 0 aliphatic rings. The zero-order valence-corrected chi connectivity index (χ0v) is 15.7. The Morgan fingerprint density at radius 3 is 2.52 bits per heavy atom. The van der Waals surface area contributed by atoms with E-state index in [0.717, 1.165) is 0 Å². The Hall–Kier alpha value is -1.20. The molecule has 2 aromatic rings. The average molecular weight is 438 g/mol. The van der Waals surface area contributed by atoms with Crippen LogP contribution in [-0.2, 0) is 11.0 Å². The summed E-state index contributed by atoms with van der Waals surface area (Å²) in [6.45, 7) is 1.84. The van der Waals surface area contributed by atoms with Crippen LogP contribution in [0.2, 0.25) is 5.02 Å². The highest BCUT2D eigenvalue weighted by Crippen LogP contribution is 2.38. The summed E-state index contributed by atoms with van der Waals surface area (Å²) in [7, 11) is -2.40. The Balaban J connectivity index is 2.55. The average Bonchev–Trinajstić information content (AvgIpc) is 2.49. The molecule has 0 fully saturated rings. The van der Waals surface area contributed by atoms with Crippen molar-refractivity contribution in [3.63, 3.8) is 0 Å². The monoisotopic (exact) mass is 436 g/mol. The summed E-state index contributed by atoms with van der Waals surface area (Å²) >= 11 is 14.8. The Kier molecular flexibility index (Phi) is 5.98. The van der Waals surface area contributed by atoms with E-state index in [1.54, 1.807) is 18.2 Å². The predicted molar refractivity (Wildman–Crippen MR) is 94.8 cm³/mol. The lowest BCUT2D eigenvalue weighted by Gasteiger charge is -2.11. The van der Waals surface area contributed by atoms with Gasteiger partial charge in [-0.15, -0.1) is 0 Å². The lowest BCUT2D eigenvalue weighted by molar-refractivity contribution is -0.383. The van der Waals surface area contributed by atoms with Gasteiger partial charge < -0.3 is 4.74 Å². The van der Waals surface area contributed by atoms with Crippen LogP contribution >= 0.6 is 45.9 Å². The number of hydrogen-bond acceptors (Lipinski definition) is 4. The first-order valence-corrected chi connectivity index (χ1v) is 9.74. The van der Waals surface area contributed by atoms with Crippen molar-refractivity contribution in [1.82, 2.24) is 0 Å². The molecular weight excluding hydrogens is 428 g/mol. The molecule has 0 radical (unpaired) electrons. The highest BCUT2D eigenvalue weighted by molar-refractivity contribution is 9.10. The second-order valence-electron chi connectivity index (χ2n) is 4.48. The number of aryl methyl sites for hydroxylation is 1. The van der Waals surface area contributed by atoms with Crippen molar-refractivity contribution in [2.75, 3.05) is 0 Å². The van der Waals surface area contributed by atoms with Gasteiger partial charge in [0.15, 0.2) is 0 Å². The van der Waals surface area contributed by atoms with E-state index in [1.165, 1.54) is 12.1 Å². The molecule has 0 spiro atoms. The lowest BCUT2D eigenvalue weighted by atomic mass is 10.1. The zero-order valence-electron chi connectivity index (χ0n) is 11.8. The highest BCUT2D eigenvalue weighted by atomic mass is 79.9. The van der Waals surface area contributed by atoms with E-state index in [1.807, 2.05) is 6.92 Å². The summed E-state index contributed by atoms with van der Waals surface area (Å²) in [4.78, 5) is 10.5. The van der Waals surface area contributed by atoms with Gasteiger partial charge in [0.05, 0.1) is 9.40 Å². The molecule has 0 saturated heterocycles. The third kappa shape index (κ3) is 4.21. The van der Waals surface area contributed by atoms with Gasteiger partial charge in [0.2, 0.25) is 11.2 Å². The maximum atomic E-state index is 11.6. The first-order valence-electron chi connectivity index (χ1n) is 6.40. The van der Waals surface area contributed by atoms with Crippen LogP contribution in [0, 0.1) is 10.1 Å². The fourth-order valence-electron chi connectivity index (χ4n) is 1.94. The van der Waals surface area contributed by atoms with Crippen LogP contribution in [0.4, 0.5) is 5.69 Å². The zero-order chi connectivity index (χ0) is 17.1. The van der Waals surface area contributed by atoms with E-state index < -0.39 is 12.1 Å². The van der Waals surface area contributed by atoms with Crippen molar-refractivity contribution < 1.29 is 14.2 Å². The molecule has 0 aliphatic heterocycles. The summed E-state index contributed by atoms with van der Waals surface area (Å²) in [5.41, 5.74) is 0.330. The fourth-order valence-corrected chi connectivity index (χ4v) is 3.65. The van der Waals surface area contributed by atoms with Gasteiger partial charge in [0.25, 0.3) is 5.30 Å². The number of hydrogen-bond donors (Lipinski definition) is 0.